The van der Waals surface area contributed by atoms with Crippen LogP contribution in [0.5, 0.6) is 0 Å². The van der Waals surface area contributed by atoms with Gasteiger partial charge in [0.25, 0.3) is 0 Å². The van der Waals surface area contributed by atoms with Gasteiger partial charge in [0.2, 0.25) is 5.91 Å². The minimum absolute atomic E-state index is 0.0540. The van der Waals surface area contributed by atoms with Crippen LogP contribution < -0.4 is 0 Å². The van der Waals surface area contributed by atoms with E-state index in [4.69, 9.17) is 23.2 Å². The second-order valence-corrected chi connectivity index (χ2v) is 5.40. The molecule has 0 saturated carbocycles. The maximum Gasteiger partial charge on any atom is 0.240 e. The predicted molar refractivity (Wildman–Crippen MR) is 72.5 cm³/mol. The third kappa shape index (κ3) is 4.21. The van der Waals surface area contributed by atoms with Crippen molar-refractivity contribution in [3.05, 3.63) is 34.9 Å². The van der Waals surface area contributed by atoms with Gasteiger partial charge in [0.1, 0.15) is 5.38 Å². The van der Waals surface area contributed by atoms with E-state index in [1.165, 1.54) is 0 Å². The molecule has 0 heterocycles. The number of nitrogens with zero attached hydrogens (tertiary/aromatic N) is 1. The molecule has 0 fully saturated rings. The largest absolute Gasteiger partial charge is 0.335 e. The summed E-state index contributed by atoms with van der Waals surface area (Å²) in [6, 6.07) is 7.63. The zero-order valence-electron chi connectivity index (χ0n) is 10.3. The van der Waals surface area contributed by atoms with Gasteiger partial charge < -0.3 is 4.90 Å². The third-order valence-corrected chi connectivity index (χ3v) is 2.91. The van der Waals surface area contributed by atoms with Crippen LogP contribution in [0, 0.1) is 0 Å². The van der Waals surface area contributed by atoms with E-state index in [1.807, 2.05) is 38.1 Å². The smallest absolute Gasteiger partial charge is 0.240 e. The molecule has 0 aliphatic heterocycles. The lowest BCUT2D eigenvalue weighted by molar-refractivity contribution is -0.132. The highest BCUT2D eigenvalue weighted by Gasteiger charge is 2.21. The van der Waals surface area contributed by atoms with Gasteiger partial charge in [-0.1, -0.05) is 23.7 Å². The highest BCUT2D eigenvalue weighted by atomic mass is 35.5. The van der Waals surface area contributed by atoms with E-state index in [1.54, 1.807) is 11.8 Å². The molecule has 2 nitrogen and oxygen atoms in total. The average molecular weight is 274 g/mol. The summed E-state index contributed by atoms with van der Waals surface area (Å²) in [5, 5.41) is 0.175. The monoisotopic (exact) mass is 273 g/mol. The second kappa shape index (κ2) is 6.27. The summed E-state index contributed by atoms with van der Waals surface area (Å²) in [7, 11) is 0. The number of amides is 1. The van der Waals surface area contributed by atoms with E-state index >= 15 is 0 Å². The van der Waals surface area contributed by atoms with Crippen molar-refractivity contribution in [1.29, 1.82) is 0 Å². The fraction of sp³-hybridized carbons (Fsp3) is 0.462. The summed E-state index contributed by atoms with van der Waals surface area (Å²) in [6.45, 7) is 6.18. The van der Waals surface area contributed by atoms with Crippen molar-refractivity contribution in [1.82, 2.24) is 4.90 Å². The molecule has 0 spiro atoms. The molecule has 1 amide bonds. The molecule has 0 aliphatic rings. The van der Waals surface area contributed by atoms with Crippen LogP contribution >= 0.6 is 23.2 Å². The van der Waals surface area contributed by atoms with E-state index in [9.17, 15) is 4.79 Å². The van der Waals surface area contributed by atoms with Crippen molar-refractivity contribution in [3.8, 4) is 0 Å². The Hall–Kier alpha value is -0.730. The number of rotatable bonds is 4. The number of benzene rings is 1. The highest BCUT2D eigenvalue weighted by molar-refractivity contribution is 6.30. The van der Waals surface area contributed by atoms with Gasteiger partial charge in [0, 0.05) is 17.6 Å². The molecule has 17 heavy (non-hydrogen) atoms. The molecule has 1 aromatic rings. The molecule has 0 N–H and O–H groups in total. The summed E-state index contributed by atoms with van der Waals surface area (Å²) in [5.74, 6) is -0.0540. The fourth-order valence-electron chi connectivity index (χ4n) is 1.58. The Morgan fingerprint density at radius 2 is 2.00 bits per heavy atom. The molecule has 1 rings (SSSR count). The zero-order valence-corrected chi connectivity index (χ0v) is 11.8. The maximum absolute atomic E-state index is 11.9. The second-order valence-electron chi connectivity index (χ2n) is 4.31. The topological polar surface area (TPSA) is 20.3 Å². The Kier molecular flexibility index (Phi) is 5.29. The molecule has 94 valence electrons. The lowest BCUT2D eigenvalue weighted by Gasteiger charge is -2.28. The highest BCUT2D eigenvalue weighted by Crippen LogP contribution is 2.15. The minimum Gasteiger partial charge on any atom is -0.335 e. The first-order chi connectivity index (χ1) is 7.91. The lowest BCUT2D eigenvalue weighted by atomic mass is 10.2. The van der Waals surface area contributed by atoms with E-state index in [0.717, 1.165) is 5.56 Å². The molecule has 0 aliphatic carbocycles. The van der Waals surface area contributed by atoms with Crippen molar-refractivity contribution in [2.75, 3.05) is 0 Å². The molecule has 4 heteroatoms. The Bertz CT molecular complexity index is 391. The van der Waals surface area contributed by atoms with Crippen molar-refractivity contribution in [2.24, 2.45) is 0 Å². The predicted octanol–water partition coefficient (Wildman–Crippen LogP) is 3.70. The van der Waals surface area contributed by atoms with Gasteiger partial charge >= 0.3 is 0 Å². The molecule has 1 atom stereocenters. The van der Waals surface area contributed by atoms with Crippen LogP contribution in [0.2, 0.25) is 5.02 Å². The normalized spacial score (nSPS) is 12.6. The quantitative estimate of drug-likeness (QED) is 0.766. The van der Waals surface area contributed by atoms with Crippen LogP contribution in [0.4, 0.5) is 0 Å². The third-order valence-electron chi connectivity index (χ3n) is 2.49. The van der Waals surface area contributed by atoms with E-state index in [-0.39, 0.29) is 11.9 Å². The maximum atomic E-state index is 11.9. The van der Waals surface area contributed by atoms with Crippen LogP contribution in [-0.2, 0) is 11.3 Å². The van der Waals surface area contributed by atoms with Crippen LogP contribution in [0.25, 0.3) is 0 Å². The van der Waals surface area contributed by atoms with Crippen molar-refractivity contribution in [3.63, 3.8) is 0 Å². The molecule has 0 bridgehead atoms. The zero-order chi connectivity index (χ0) is 13.0. The first kappa shape index (κ1) is 14.3. The SMILES string of the molecule is CC(Cl)C(=O)N(Cc1cccc(Cl)c1)C(C)C. The van der Waals surface area contributed by atoms with Crippen LogP contribution in [0.3, 0.4) is 0 Å². The summed E-state index contributed by atoms with van der Waals surface area (Å²) in [5.41, 5.74) is 1.01. The van der Waals surface area contributed by atoms with Gasteiger partial charge in [-0.15, -0.1) is 11.6 Å². The van der Waals surface area contributed by atoms with Crippen molar-refractivity contribution >= 4 is 29.1 Å². The van der Waals surface area contributed by atoms with E-state index < -0.39 is 5.38 Å². The Morgan fingerprint density at radius 1 is 1.35 bits per heavy atom. The van der Waals surface area contributed by atoms with Crippen molar-refractivity contribution in [2.45, 2.75) is 38.7 Å². The van der Waals surface area contributed by atoms with Crippen LogP contribution in [-0.4, -0.2) is 22.2 Å². The summed E-state index contributed by atoms with van der Waals surface area (Å²) in [4.78, 5) is 13.7. The number of hydrogen-bond acceptors (Lipinski definition) is 1. The first-order valence-electron chi connectivity index (χ1n) is 5.61. The Labute approximate surface area is 113 Å². The average Bonchev–Trinajstić information content (AvgIpc) is 2.24. The number of halogens is 2. The molecular weight excluding hydrogens is 257 g/mol. The van der Waals surface area contributed by atoms with Gasteiger partial charge in [-0.25, -0.2) is 0 Å². The summed E-state index contributed by atoms with van der Waals surface area (Å²) >= 11 is 11.8. The summed E-state index contributed by atoms with van der Waals surface area (Å²) < 4.78 is 0. The minimum atomic E-state index is -0.503. The van der Waals surface area contributed by atoms with Crippen LogP contribution in [0.15, 0.2) is 24.3 Å². The lowest BCUT2D eigenvalue weighted by Crippen LogP contribution is -2.40. The van der Waals surface area contributed by atoms with Gasteiger partial charge in [-0.3, -0.25) is 4.79 Å². The van der Waals surface area contributed by atoms with Gasteiger partial charge in [0.05, 0.1) is 0 Å². The molecule has 0 aromatic heterocycles. The number of carbonyl (C=O) groups is 1. The number of alkyl halides is 1. The number of carbonyl (C=O) groups excluding carboxylic acids is 1. The number of hydrogen-bond donors (Lipinski definition) is 0. The molecule has 1 unspecified atom stereocenters. The Balaban J connectivity index is 2.84. The van der Waals surface area contributed by atoms with E-state index in [2.05, 4.69) is 0 Å². The fourth-order valence-corrected chi connectivity index (χ4v) is 1.91. The standard InChI is InChI=1S/C13H17Cl2NO/c1-9(2)16(13(17)10(3)14)8-11-5-4-6-12(15)7-11/h4-7,9-10H,8H2,1-3H3. The molecule has 1 aromatic carbocycles. The van der Waals surface area contributed by atoms with Crippen molar-refractivity contribution < 1.29 is 4.79 Å². The Morgan fingerprint density at radius 3 is 2.47 bits per heavy atom. The van der Waals surface area contributed by atoms with Gasteiger partial charge in [-0.05, 0) is 38.5 Å². The van der Waals surface area contributed by atoms with Crippen LogP contribution in [0.1, 0.15) is 26.3 Å². The molecule has 0 saturated heterocycles. The summed E-state index contributed by atoms with van der Waals surface area (Å²) in [6.07, 6.45) is 0. The van der Waals surface area contributed by atoms with Gasteiger partial charge in [-0.2, -0.15) is 0 Å². The molecule has 0 radical (unpaired) electrons. The first-order valence-corrected chi connectivity index (χ1v) is 6.42. The van der Waals surface area contributed by atoms with E-state index in [0.29, 0.717) is 11.6 Å². The van der Waals surface area contributed by atoms with Gasteiger partial charge in [0.15, 0.2) is 0 Å². The molecular formula is C13H17Cl2NO.